The topological polar surface area (TPSA) is 84.9 Å². The van der Waals surface area contributed by atoms with Crippen molar-refractivity contribution in [2.45, 2.75) is 0 Å². The molecule has 4 rings (SSSR count). The minimum absolute atomic E-state index is 0.0739. The maximum atomic E-state index is 12.8. The van der Waals surface area contributed by atoms with Crippen LogP contribution < -0.4 is 19.7 Å². The van der Waals surface area contributed by atoms with E-state index < -0.39 is 17.8 Å². The molecule has 0 radical (unpaired) electrons. The largest absolute Gasteiger partial charge is 0.497 e. The maximum absolute atomic E-state index is 12.8. The van der Waals surface area contributed by atoms with Crippen molar-refractivity contribution < 1.29 is 23.9 Å². The monoisotopic (exact) mass is 482 g/mol. The number of esters is 1. The number of anilines is 2. The van der Waals surface area contributed by atoms with Crippen molar-refractivity contribution >= 4 is 52.4 Å². The fourth-order valence-corrected chi connectivity index (χ4v) is 3.50. The molecule has 2 amide bonds. The summed E-state index contributed by atoms with van der Waals surface area (Å²) in [6.07, 6.45) is 0. The number of nitrogens with one attached hydrogen (secondary N) is 1. The second-order valence-corrected chi connectivity index (χ2v) is 7.70. The number of methoxy groups -OCH3 is 1. The Labute approximate surface area is 199 Å². The van der Waals surface area contributed by atoms with E-state index >= 15 is 0 Å². The number of carbonyl (C=O) groups is 3. The van der Waals surface area contributed by atoms with E-state index in [0.29, 0.717) is 33.5 Å². The number of ether oxygens (including phenoxy) is 2. The zero-order valence-corrected chi connectivity index (χ0v) is 18.7. The highest BCUT2D eigenvalue weighted by Crippen LogP contribution is 2.31. The van der Waals surface area contributed by atoms with Crippen molar-refractivity contribution in [2.75, 3.05) is 17.3 Å². The first-order valence-electron chi connectivity index (χ1n) is 9.65. The van der Waals surface area contributed by atoms with Gasteiger partial charge in [0.1, 0.15) is 22.2 Å². The molecule has 7 nitrogen and oxygen atoms in total. The zero-order valence-electron chi connectivity index (χ0n) is 17.2. The van der Waals surface area contributed by atoms with E-state index in [0.717, 1.165) is 4.90 Å². The average molecular weight is 483 g/mol. The van der Waals surface area contributed by atoms with Crippen molar-refractivity contribution in [1.82, 2.24) is 0 Å². The molecule has 0 atom stereocenters. The third-order valence-corrected chi connectivity index (χ3v) is 5.34. The Kier molecular flexibility index (Phi) is 6.35. The summed E-state index contributed by atoms with van der Waals surface area (Å²) in [5.74, 6) is -0.812. The number of amides is 2. The van der Waals surface area contributed by atoms with Gasteiger partial charge in [0.2, 0.25) is 0 Å². The lowest BCUT2D eigenvalue weighted by atomic mass is 10.2. The van der Waals surface area contributed by atoms with Gasteiger partial charge in [-0.3, -0.25) is 9.59 Å². The van der Waals surface area contributed by atoms with Crippen molar-refractivity contribution in [2.24, 2.45) is 0 Å². The number of hydrogen-bond acceptors (Lipinski definition) is 6. The highest BCUT2D eigenvalue weighted by molar-refractivity contribution is 6.53. The molecule has 166 valence electrons. The molecule has 0 unspecified atom stereocenters. The van der Waals surface area contributed by atoms with Crippen molar-refractivity contribution in [1.29, 1.82) is 0 Å². The Morgan fingerprint density at radius 3 is 2.18 bits per heavy atom. The van der Waals surface area contributed by atoms with Gasteiger partial charge in [-0.2, -0.15) is 0 Å². The van der Waals surface area contributed by atoms with Gasteiger partial charge >= 0.3 is 5.97 Å². The van der Waals surface area contributed by atoms with E-state index in [9.17, 15) is 14.4 Å². The van der Waals surface area contributed by atoms with Gasteiger partial charge in [0.15, 0.2) is 0 Å². The standard InChI is InChI=1S/C24H16Cl2N2O5/c1-32-18-9-11-19(12-10-18)33-24(31)14-5-7-16(8-6-14)27-21-20(26)22(29)28(23(21)30)17-4-2-3-15(25)13-17/h2-13,27H,1H3. The summed E-state index contributed by atoms with van der Waals surface area (Å²) in [4.78, 5) is 38.7. The van der Waals surface area contributed by atoms with Gasteiger partial charge in [-0.05, 0) is 66.7 Å². The molecule has 0 saturated heterocycles. The SMILES string of the molecule is COc1ccc(OC(=O)c2ccc(NC3=C(Cl)C(=O)N(c4cccc(Cl)c4)C3=O)cc2)cc1. The summed E-state index contributed by atoms with van der Waals surface area (Å²) in [5, 5.41) is 2.98. The predicted octanol–water partition coefficient (Wildman–Crippen LogP) is 5.00. The van der Waals surface area contributed by atoms with Crippen LogP contribution >= 0.6 is 23.2 Å². The van der Waals surface area contributed by atoms with Crippen LogP contribution in [0.4, 0.5) is 11.4 Å². The van der Waals surface area contributed by atoms with E-state index in [2.05, 4.69) is 5.32 Å². The smallest absolute Gasteiger partial charge is 0.343 e. The molecule has 3 aromatic carbocycles. The molecule has 1 aliphatic rings. The van der Waals surface area contributed by atoms with Crippen molar-refractivity contribution in [3.05, 3.63) is 94.1 Å². The summed E-state index contributed by atoms with van der Waals surface area (Å²) in [6.45, 7) is 0. The second-order valence-electron chi connectivity index (χ2n) is 6.88. The zero-order chi connectivity index (χ0) is 23.5. The Morgan fingerprint density at radius 1 is 0.879 bits per heavy atom. The summed E-state index contributed by atoms with van der Waals surface area (Å²) in [6, 6.07) is 19.1. The molecular formula is C24H16Cl2N2O5. The van der Waals surface area contributed by atoms with Gasteiger partial charge in [-0.1, -0.05) is 29.3 Å². The van der Waals surface area contributed by atoms with Gasteiger partial charge in [-0.25, -0.2) is 9.69 Å². The molecule has 0 fully saturated rings. The van der Waals surface area contributed by atoms with E-state index in [1.807, 2.05) is 0 Å². The molecule has 0 spiro atoms. The lowest BCUT2D eigenvalue weighted by molar-refractivity contribution is -0.120. The summed E-state index contributed by atoms with van der Waals surface area (Å²) in [7, 11) is 1.55. The van der Waals surface area contributed by atoms with Crippen LogP contribution in [0.5, 0.6) is 11.5 Å². The first-order chi connectivity index (χ1) is 15.9. The van der Waals surface area contributed by atoms with E-state index in [-0.39, 0.29) is 10.7 Å². The number of hydrogen-bond donors (Lipinski definition) is 1. The fourth-order valence-electron chi connectivity index (χ4n) is 3.10. The third-order valence-electron chi connectivity index (χ3n) is 4.75. The first kappa shape index (κ1) is 22.4. The Hall–Kier alpha value is -3.81. The molecule has 9 heteroatoms. The van der Waals surface area contributed by atoms with Crippen LogP contribution in [0.1, 0.15) is 10.4 Å². The number of nitrogens with zero attached hydrogens (tertiary/aromatic N) is 1. The van der Waals surface area contributed by atoms with Gasteiger partial charge in [-0.15, -0.1) is 0 Å². The summed E-state index contributed by atoms with van der Waals surface area (Å²) in [5.41, 5.74) is 0.989. The highest BCUT2D eigenvalue weighted by Gasteiger charge is 2.39. The van der Waals surface area contributed by atoms with E-state index in [4.69, 9.17) is 32.7 Å². The van der Waals surface area contributed by atoms with Gasteiger partial charge in [0, 0.05) is 10.7 Å². The molecule has 1 heterocycles. The molecule has 3 aromatic rings. The molecule has 33 heavy (non-hydrogen) atoms. The number of halogens is 2. The lowest BCUT2D eigenvalue weighted by Crippen LogP contribution is -2.32. The summed E-state index contributed by atoms with van der Waals surface area (Å²) >= 11 is 12.1. The van der Waals surface area contributed by atoms with Gasteiger partial charge in [0.05, 0.1) is 18.4 Å². The van der Waals surface area contributed by atoms with Crippen molar-refractivity contribution in [3.63, 3.8) is 0 Å². The fraction of sp³-hybridized carbons (Fsp3) is 0.0417. The normalized spacial score (nSPS) is 13.4. The molecule has 0 saturated carbocycles. The summed E-state index contributed by atoms with van der Waals surface area (Å²) < 4.78 is 10.4. The molecule has 0 bridgehead atoms. The minimum Gasteiger partial charge on any atom is -0.497 e. The first-order valence-corrected chi connectivity index (χ1v) is 10.4. The minimum atomic E-state index is -0.661. The molecule has 1 aliphatic heterocycles. The van der Waals surface area contributed by atoms with Gasteiger partial charge < -0.3 is 14.8 Å². The van der Waals surface area contributed by atoms with Crippen molar-refractivity contribution in [3.8, 4) is 11.5 Å². The maximum Gasteiger partial charge on any atom is 0.343 e. The van der Waals surface area contributed by atoms with Crippen LogP contribution in [0.2, 0.25) is 5.02 Å². The Balaban J connectivity index is 1.46. The second kappa shape index (κ2) is 9.36. The lowest BCUT2D eigenvalue weighted by Gasteiger charge is -2.15. The number of imide groups is 1. The average Bonchev–Trinajstić information content (AvgIpc) is 3.03. The quantitative estimate of drug-likeness (QED) is 0.302. The Bertz CT molecular complexity index is 1270. The number of rotatable bonds is 6. The van der Waals surface area contributed by atoms with Gasteiger partial charge in [0.25, 0.3) is 11.8 Å². The number of carbonyl (C=O) groups excluding carboxylic acids is 3. The van der Waals surface area contributed by atoms with E-state index in [1.165, 1.54) is 18.2 Å². The number of benzene rings is 3. The third kappa shape index (κ3) is 4.69. The van der Waals surface area contributed by atoms with Crippen LogP contribution in [0.25, 0.3) is 0 Å². The molecule has 0 aliphatic carbocycles. The molecular weight excluding hydrogens is 467 g/mol. The van der Waals surface area contributed by atoms with Crippen LogP contribution in [-0.4, -0.2) is 24.9 Å². The Morgan fingerprint density at radius 2 is 1.55 bits per heavy atom. The van der Waals surface area contributed by atoms with Crippen LogP contribution in [0, 0.1) is 0 Å². The highest BCUT2D eigenvalue weighted by atomic mass is 35.5. The predicted molar refractivity (Wildman–Crippen MR) is 125 cm³/mol. The van der Waals surface area contributed by atoms with Crippen LogP contribution in [0.15, 0.2) is 83.5 Å². The van der Waals surface area contributed by atoms with Crippen LogP contribution in [-0.2, 0) is 9.59 Å². The van der Waals surface area contributed by atoms with Crippen LogP contribution in [0.3, 0.4) is 0 Å². The molecule has 0 aromatic heterocycles. The molecule has 1 N–H and O–H groups in total. The van der Waals surface area contributed by atoms with E-state index in [1.54, 1.807) is 61.7 Å².